The number of rotatable bonds is 9. The van der Waals surface area contributed by atoms with Gasteiger partial charge in [-0.05, 0) is 55.0 Å². The molecule has 1 aromatic heterocycles. The fourth-order valence-electron chi connectivity index (χ4n) is 3.37. The number of hydrogen-bond acceptors (Lipinski definition) is 5. The van der Waals surface area contributed by atoms with E-state index in [0.717, 1.165) is 16.9 Å². The van der Waals surface area contributed by atoms with E-state index in [2.05, 4.69) is 10.4 Å². The van der Waals surface area contributed by atoms with Gasteiger partial charge in [-0.25, -0.2) is 0 Å². The summed E-state index contributed by atoms with van der Waals surface area (Å²) in [7, 11) is 0. The highest BCUT2D eigenvalue weighted by atomic mass is 35.5. The summed E-state index contributed by atoms with van der Waals surface area (Å²) in [6, 6.07) is 24.4. The molecular formula is C27H24ClN3O4. The highest BCUT2D eigenvalue weighted by Gasteiger charge is 2.10. The Morgan fingerprint density at radius 3 is 2.43 bits per heavy atom. The van der Waals surface area contributed by atoms with E-state index in [0.29, 0.717) is 35.3 Å². The van der Waals surface area contributed by atoms with Crippen LogP contribution < -0.4 is 20.3 Å². The van der Waals surface area contributed by atoms with Gasteiger partial charge in [0.05, 0.1) is 12.3 Å². The average molecular weight is 490 g/mol. The van der Waals surface area contributed by atoms with E-state index < -0.39 is 0 Å². The number of nitrogens with zero attached hydrogens (tertiary/aromatic N) is 2. The number of carbonyl (C=O) groups is 1. The predicted octanol–water partition coefficient (Wildman–Crippen LogP) is 4.79. The fourth-order valence-corrected chi connectivity index (χ4v) is 3.50. The molecule has 0 aliphatic heterocycles. The molecule has 0 radical (unpaired) electrons. The molecule has 0 saturated heterocycles. The quantitative estimate of drug-likeness (QED) is 0.365. The van der Waals surface area contributed by atoms with Gasteiger partial charge in [0.2, 0.25) is 5.88 Å². The highest BCUT2D eigenvalue weighted by molar-refractivity contribution is 6.30. The zero-order valence-corrected chi connectivity index (χ0v) is 19.9. The Bertz CT molecular complexity index is 1350. The van der Waals surface area contributed by atoms with Crippen LogP contribution in [0.2, 0.25) is 5.02 Å². The second-order valence-corrected chi connectivity index (χ2v) is 8.04. The van der Waals surface area contributed by atoms with Crippen LogP contribution >= 0.6 is 11.6 Å². The van der Waals surface area contributed by atoms with Crippen LogP contribution in [0.25, 0.3) is 5.69 Å². The van der Waals surface area contributed by atoms with Crippen LogP contribution in [0.15, 0.2) is 89.7 Å². The third kappa shape index (κ3) is 6.28. The second-order valence-electron chi connectivity index (χ2n) is 7.61. The summed E-state index contributed by atoms with van der Waals surface area (Å²) in [4.78, 5) is 25.0. The van der Waals surface area contributed by atoms with Gasteiger partial charge in [-0.1, -0.05) is 41.9 Å². The minimum atomic E-state index is -0.312. The van der Waals surface area contributed by atoms with Gasteiger partial charge in [-0.2, -0.15) is 4.68 Å². The summed E-state index contributed by atoms with van der Waals surface area (Å²) in [5, 5.41) is 7.84. The van der Waals surface area contributed by atoms with Gasteiger partial charge in [0.1, 0.15) is 12.4 Å². The first-order chi connectivity index (χ1) is 17.0. The van der Waals surface area contributed by atoms with Crippen LogP contribution in [0, 0.1) is 0 Å². The molecule has 4 rings (SSSR count). The molecule has 0 bridgehead atoms. The molecule has 0 aliphatic carbocycles. The van der Waals surface area contributed by atoms with Gasteiger partial charge in [0.15, 0.2) is 0 Å². The maximum Gasteiger partial charge on any atom is 0.271 e. The van der Waals surface area contributed by atoms with Crippen molar-refractivity contribution in [1.29, 1.82) is 0 Å². The molecule has 4 aromatic rings. The van der Waals surface area contributed by atoms with Crippen molar-refractivity contribution in [3.8, 4) is 17.3 Å². The van der Waals surface area contributed by atoms with E-state index in [9.17, 15) is 9.59 Å². The number of aromatic nitrogens is 2. The number of nitrogens with one attached hydrogen (secondary N) is 1. The van der Waals surface area contributed by atoms with E-state index >= 15 is 0 Å². The molecule has 3 aromatic carbocycles. The standard InChI is InChI=1S/C27H24ClN3O4/c1-2-34-24-6-4-3-5-21(24)17-29-27(33)20-9-13-23(14-10-20)31-26(32)16-15-25(30-31)35-18-19-7-11-22(28)12-8-19/h3-16H,2,17-18H2,1H3,(H,29,33). The van der Waals surface area contributed by atoms with Gasteiger partial charge < -0.3 is 14.8 Å². The number of carbonyl (C=O) groups excluding carboxylic acids is 1. The van der Waals surface area contributed by atoms with Crippen molar-refractivity contribution in [3.63, 3.8) is 0 Å². The molecule has 0 fully saturated rings. The normalized spacial score (nSPS) is 10.6. The molecule has 1 amide bonds. The number of halogens is 1. The molecule has 0 unspecified atom stereocenters. The van der Waals surface area contributed by atoms with Crippen molar-refractivity contribution < 1.29 is 14.3 Å². The van der Waals surface area contributed by atoms with Crippen LogP contribution in [0.5, 0.6) is 11.6 Å². The molecule has 0 atom stereocenters. The maximum atomic E-state index is 12.6. The Morgan fingerprint density at radius 1 is 0.943 bits per heavy atom. The lowest BCUT2D eigenvalue weighted by molar-refractivity contribution is 0.0950. The van der Waals surface area contributed by atoms with Crippen molar-refractivity contribution in [2.75, 3.05) is 6.61 Å². The van der Waals surface area contributed by atoms with Crippen LogP contribution in [-0.2, 0) is 13.2 Å². The van der Waals surface area contributed by atoms with Crippen LogP contribution in [-0.4, -0.2) is 22.3 Å². The zero-order valence-electron chi connectivity index (χ0n) is 19.1. The lowest BCUT2D eigenvalue weighted by Gasteiger charge is -2.11. The van der Waals surface area contributed by atoms with E-state index in [1.54, 1.807) is 36.4 Å². The van der Waals surface area contributed by atoms with Crippen molar-refractivity contribution >= 4 is 17.5 Å². The number of benzene rings is 3. The average Bonchev–Trinajstić information content (AvgIpc) is 2.89. The summed E-state index contributed by atoms with van der Waals surface area (Å²) in [6.45, 7) is 3.09. The summed E-state index contributed by atoms with van der Waals surface area (Å²) in [6.07, 6.45) is 0. The molecule has 0 spiro atoms. The minimum Gasteiger partial charge on any atom is -0.494 e. The van der Waals surface area contributed by atoms with Crippen LogP contribution in [0.3, 0.4) is 0 Å². The Balaban J connectivity index is 1.42. The molecule has 178 valence electrons. The predicted molar refractivity (Wildman–Crippen MR) is 134 cm³/mol. The smallest absolute Gasteiger partial charge is 0.271 e. The van der Waals surface area contributed by atoms with Gasteiger partial charge in [-0.3, -0.25) is 9.59 Å². The monoisotopic (exact) mass is 489 g/mol. The molecule has 0 aliphatic rings. The first kappa shape index (κ1) is 24.0. The van der Waals surface area contributed by atoms with Gasteiger partial charge >= 0.3 is 0 Å². The van der Waals surface area contributed by atoms with Crippen molar-refractivity contribution in [3.05, 3.63) is 117 Å². The van der Waals surface area contributed by atoms with Crippen LogP contribution in [0.1, 0.15) is 28.4 Å². The largest absolute Gasteiger partial charge is 0.494 e. The molecule has 1 heterocycles. The van der Waals surface area contributed by atoms with E-state index in [1.807, 2.05) is 43.3 Å². The lowest BCUT2D eigenvalue weighted by atomic mass is 10.1. The lowest BCUT2D eigenvalue weighted by Crippen LogP contribution is -2.23. The summed E-state index contributed by atoms with van der Waals surface area (Å²) >= 11 is 5.91. The van der Waals surface area contributed by atoms with Crippen LogP contribution in [0.4, 0.5) is 0 Å². The first-order valence-electron chi connectivity index (χ1n) is 11.1. The third-order valence-corrected chi connectivity index (χ3v) is 5.41. The number of ether oxygens (including phenoxy) is 2. The van der Waals surface area contributed by atoms with E-state index in [-0.39, 0.29) is 18.1 Å². The zero-order chi connectivity index (χ0) is 24.6. The van der Waals surface area contributed by atoms with E-state index in [4.69, 9.17) is 21.1 Å². The maximum absolute atomic E-state index is 12.6. The molecule has 0 saturated carbocycles. The van der Waals surface area contributed by atoms with Gasteiger partial charge in [0, 0.05) is 34.8 Å². The second kappa shape index (κ2) is 11.4. The summed E-state index contributed by atoms with van der Waals surface area (Å²) < 4.78 is 12.6. The topological polar surface area (TPSA) is 82.4 Å². The third-order valence-electron chi connectivity index (χ3n) is 5.16. The molecule has 1 N–H and O–H groups in total. The Kier molecular flexibility index (Phi) is 7.80. The Morgan fingerprint density at radius 2 is 1.69 bits per heavy atom. The minimum absolute atomic E-state index is 0.233. The first-order valence-corrected chi connectivity index (χ1v) is 11.5. The van der Waals surface area contributed by atoms with E-state index in [1.165, 1.54) is 16.8 Å². The molecule has 7 nitrogen and oxygen atoms in total. The number of para-hydroxylation sites is 1. The SMILES string of the molecule is CCOc1ccccc1CNC(=O)c1ccc(-n2nc(OCc3ccc(Cl)cc3)ccc2=O)cc1. The molecular weight excluding hydrogens is 466 g/mol. The summed E-state index contributed by atoms with van der Waals surface area (Å²) in [5.74, 6) is 0.812. The van der Waals surface area contributed by atoms with Crippen molar-refractivity contribution in [2.45, 2.75) is 20.1 Å². The molecule has 35 heavy (non-hydrogen) atoms. The number of amides is 1. The fraction of sp³-hybridized carbons (Fsp3) is 0.148. The molecule has 8 heteroatoms. The highest BCUT2D eigenvalue weighted by Crippen LogP contribution is 2.18. The number of hydrogen-bond donors (Lipinski definition) is 1. The van der Waals surface area contributed by atoms with Crippen molar-refractivity contribution in [1.82, 2.24) is 15.1 Å². The van der Waals surface area contributed by atoms with Gasteiger partial charge in [-0.15, -0.1) is 5.10 Å². The van der Waals surface area contributed by atoms with Crippen molar-refractivity contribution in [2.24, 2.45) is 0 Å². The summed E-state index contributed by atoms with van der Waals surface area (Å²) in [5.41, 5.74) is 2.49. The Hall–Kier alpha value is -4.10. The Labute approximate surface area is 207 Å². The van der Waals surface area contributed by atoms with Gasteiger partial charge in [0.25, 0.3) is 11.5 Å².